The summed E-state index contributed by atoms with van der Waals surface area (Å²) in [4.78, 5) is 11.0. The molecule has 0 saturated heterocycles. The van der Waals surface area contributed by atoms with Crippen molar-refractivity contribution >= 4 is 5.97 Å². The number of benzene rings is 1. The number of ether oxygens (including phenoxy) is 2. The molecule has 1 rings (SSSR count). The molecule has 1 aromatic rings. The number of hydrogen-bond donors (Lipinski definition) is 1. The first-order chi connectivity index (χ1) is 9.08. The highest BCUT2D eigenvalue weighted by Gasteiger charge is 2.16. The first kappa shape index (κ1) is 15.2. The van der Waals surface area contributed by atoms with Crippen molar-refractivity contribution in [2.24, 2.45) is 5.92 Å². The Bertz CT molecular complexity index is 422. The van der Waals surface area contributed by atoms with Crippen LogP contribution >= 0.6 is 0 Å². The zero-order valence-electron chi connectivity index (χ0n) is 11.5. The van der Waals surface area contributed by atoms with Gasteiger partial charge in [0, 0.05) is 13.0 Å². The summed E-state index contributed by atoms with van der Waals surface area (Å²) in [6.45, 7) is 2.01. The predicted octanol–water partition coefficient (Wildman–Crippen LogP) is 2.84. The first-order valence-corrected chi connectivity index (χ1v) is 6.13. The van der Waals surface area contributed by atoms with E-state index in [-0.39, 0.29) is 30.2 Å². The van der Waals surface area contributed by atoms with Crippen molar-refractivity contribution < 1.29 is 19.4 Å². The maximum absolute atomic E-state index is 11.0. The van der Waals surface area contributed by atoms with E-state index < -0.39 is 0 Å². The molecule has 1 N–H and O–H groups in total. The van der Waals surface area contributed by atoms with Crippen molar-refractivity contribution in [3.8, 4) is 5.75 Å². The van der Waals surface area contributed by atoms with Gasteiger partial charge in [-0.2, -0.15) is 0 Å². The van der Waals surface area contributed by atoms with Gasteiger partial charge < -0.3 is 14.6 Å². The average Bonchev–Trinajstić information content (AvgIpc) is 2.41. The van der Waals surface area contributed by atoms with Crippen LogP contribution in [0.4, 0.5) is 0 Å². The van der Waals surface area contributed by atoms with Crippen LogP contribution in [0.2, 0.25) is 0 Å². The maximum Gasteiger partial charge on any atom is 0.309 e. The van der Waals surface area contributed by atoms with Gasteiger partial charge in [-0.05, 0) is 17.7 Å². The molecule has 1 aromatic carbocycles. The summed E-state index contributed by atoms with van der Waals surface area (Å²) in [7, 11) is 3.01. The van der Waals surface area contributed by atoms with E-state index >= 15 is 0 Å². The van der Waals surface area contributed by atoms with Crippen LogP contribution in [0.3, 0.4) is 0 Å². The van der Waals surface area contributed by atoms with E-state index in [0.717, 1.165) is 5.56 Å². The Labute approximate surface area is 113 Å². The van der Waals surface area contributed by atoms with E-state index in [1.54, 1.807) is 25.3 Å². The third-order valence-electron chi connectivity index (χ3n) is 2.90. The Morgan fingerprint density at radius 3 is 2.47 bits per heavy atom. The maximum atomic E-state index is 11.0. The lowest BCUT2D eigenvalue weighted by molar-refractivity contribution is -0.139. The summed E-state index contributed by atoms with van der Waals surface area (Å²) >= 11 is 0. The quantitative estimate of drug-likeness (QED) is 0.634. The fraction of sp³-hybridized carbons (Fsp3) is 0.400. The molecule has 0 saturated carbocycles. The van der Waals surface area contributed by atoms with Gasteiger partial charge in [-0.25, -0.2) is 0 Å². The predicted molar refractivity (Wildman–Crippen MR) is 72.8 cm³/mol. The Hall–Kier alpha value is -1.81. The molecule has 4 heteroatoms. The summed E-state index contributed by atoms with van der Waals surface area (Å²) in [6, 6.07) is 6.92. The number of carbonyl (C=O) groups excluding carboxylic acids is 1. The molecule has 0 fully saturated rings. The SMILES string of the molecule is COC(=O)C/C=C/[C@@H](C)[C@H](OC)c1ccc(O)cc1. The number of methoxy groups -OCH3 is 2. The smallest absolute Gasteiger partial charge is 0.309 e. The van der Waals surface area contributed by atoms with Crippen molar-refractivity contribution in [3.05, 3.63) is 42.0 Å². The molecule has 4 nitrogen and oxygen atoms in total. The first-order valence-electron chi connectivity index (χ1n) is 6.13. The van der Waals surface area contributed by atoms with Crippen molar-refractivity contribution in [1.29, 1.82) is 0 Å². The van der Waals surface area contributed by atoms with Crippen LogP contribution in [0.5, 0.6) is 5.75 Å². The summed E-state index contributed by atoms with van der Waals surface area (Å²) in [6.07, 6.45) is 3.85. The molecule has 0 unspecified atom stereocenters. The lowest BCUT2D eigenvalue weighted by Crippen LogP contribution is -2.10. The zero-order chi connectivity index (χ0) is 14.3. The normalized spacial score (nSPS) is 14.3. The number of rotatable bonds is 6. The van der Waals surface area contributed by atoms with Crippen molar-refractivity contribution in [3.63, 3.8) is 0 Å². The van der Waals surface area contributed by atoms with E-state index in [9.17, 15) is 9.90 Å². The van der Waals surface area contributed by atoms with E-state index in [2.05, 4.69) is 4.74 Å². The van der Waals surface area contributed by atoms with Crippen molar-refractivity contribution in [1.82, 2.24) is 0 Å². The molecular weight excluding hydrogens is 244 g/mol. The lowest BCUT2D eigenvalue weighted by Gasteiger charge is -2.20. The minimum atomic E-state index is -0.262. The third-order valence-corrected chi connectivity index (χ3v) is 2.90. The monoisotopic (exact) mass is 264 g/mol. The molecule has 104 valence electrons. The number of hydrogen-bond acceptors (Lipinski definition) is 4. The third kappa shape index (κ3) is 4.75. The van der Waals surface area contributed by atoms with Crippen LogP contribution < -0.4 is 0 Å². The largest absolute Gasteiger partial charge is 0.508 e. The van der Waals surface area contributed by atoms with Crippen molar-refractivity contribution in [2.75, 3.05) is 14.2 Å². The van der Waals surface area contributed by atoms with Gasteiger partial charge in [0.15, 0.2) is 0 Å². The minimum absolute atomic E-state index is 0.110. The van der Waals surface area contributed by atoms with Gasteiger partial charge in [0.1, 0.15) is 5.75 Å². The van der Waals surface area contributed by atoms with Gasteiger partial charge in [0.2, 0.25) is 0 Å². The highest BCUT2D eigenvalue weighted by molar-refractivity contribution is 5.70. The summed E-state index contributed by atoms with van der Waals surface area (Å²) in [5, 5.41) is 9.27. The number of phenolic OH excluding ortho intramolecular Hbond substituents is 1. The van der Waals surface area contributed by atoms with Crippen LogP contribution in [-0.4, -0.2) is 25.3 Å². The van der Waals surface area contributed by atoms with Gasteiger partial charge >= 0.3 is 5.97 Å². The second-order valence-corrected chi connectivity index (χ2v) is 4.32. The number of esters is 1. The Morgan fingerprint density at radius 1 is 1.32 bits per heavy atom. The van der Waals surface area contributed by atoms with Crippen LogP contribution in [-0.2, 0) is 14.3 Å². The Kier molecular flexibility index (Phi) is 6.09. The number of carbonyl (C=O) groups is 1. The molecule has 0 aliphatic heterocycles. The highest BCUT2D eigenvalue weighted by atomic mass is 16.5. The van der Waals surface area contributed by atoms with Crippen LogP contribution in [0.25, 0.3) is 0 Å². The van der Waals surface area contributed by atoms with E-state index in [1.165, 1.54) is 7.11 Å². The van der Waals surface area contributed by atoms with Gasteiger partial charge in [-0.3, -0.25) is 4.79 Å². The van der Waals surface area contributed by atoms with Gasteiger partial charge in [0.05, 0.1) is 19.6 Å². The molecule has 0 bridgehead atoms. The zero-order valence-corrected chi connectivity index (χ0v) is 11.5. The molecule has 0 aliphatic rings. The fourth-order valence-electron chi connectivity index (χ4n) is 1.88. The van der Waals surface area contributed by atoms with E-state index in [1.807, 2.05) is 25.1 Å². The average molecular weight is 264 g/mol. The molecule has 0 aliphatic carbocycles. The Morgan fingerprint density at radius 2 is 1.95 bits per heavy atom. The summed E-state index contributed by atoms with van der Waals surface area (Å²) in [5.41, 5.74) is 0.982. The minimum Gasteiger partial charge on any atom is -0.508 e. The molecule has 0 amide bonds. The number of aromatic hydroxyl groups is 1. The van der Waals surface area contributed by atoms with Crippen LogP contribution in [0.15, 0.2) is 36.4 Å². The highest BCUT2D eigenvalue weighted by Crippen LogP contribution is 2.27. The molecule has 2 atom stereocenters. The van der Waals surface area contributed by atoms with E-state index in [0.29, 0.717) is 0 Å². The molecule has 19 heavy (non-hydrogen) atoms. The molecule has 0 heterocycles. The van der Waals surface area contributed by atoms with Gasteiger partial charge in [0.25, 0.3) is 0 Å². The lowest BCUT2D eigenvalue weighted by atomic mass is 9.96. The summed E-state index contributed by atoms with van der Waals surface area (Å²) < 4.78 is 10.0. The molecule has 0 aromatic heterocycles. The molecule has 0 radical (unpaired) electrons. The topological polar surface area (TPSA) is 55.8 Å². The fourth-order valence-corrected chi connectivity index (χ4v) is 1.88. The standard InChI is InChI=1S/C15H20O4/c1-11(5-4-6-14(17)18-2)15(19-3)12-7-9-13(16)10-8-12/h4-5,7-11,15-16H,6H2,1-3H3/b5-4+/t11-,15+/m1/s1. The Balaban J connectivity index is 2.68. The van der Waals surface area contributed by atoms with Crippen LogP contribution in [0.1, 0.15) is 25.0 Å². The van der Waals surface area contributed by atoms with E-state index in [4.69, 9.17) is 4.74 Å². The van der Waals surface area contributed by atoms with Gasteiger partial charge in [-0.15, -0.1) is 0 Å². The van der Waals surface area contributed by atoms with Crippen LogP contribution in [0, 0.1) is 5.92 Å². The van der Waals surface area contributed by atoms with Crippen molar-refractivity contribution in [2.45, 2.75) is 19.4 Å². The summed E-state index contributed by atoms with van der Waals surface area (Å²) in [5.74, 6) is 0.0775. The second kappa shape index (κ2) is 7.59. The number of phenols is 1. The van der Waals surface area contributed by atoms with Gasteiger partial charge in [-0.1, -0.05) is 31.2 Å². The second-order valence-electron chi connectivity index (χ2n) is 4.32. The molecular formula is C15H20O4. The molecule has 0 spiro atoms.